The van der Waals surface area contributed by atoms with Gasteiger partial charge in [-0.1, -0.05) is 15.9 Å². The molecule has 2 aromatic carbocycles. The van der Waals surface area contributed by atoms with E-state index < -0.39 is 0 Å². The van der Waals surface area contributed by atoms with Crippen molar-refractivity contribution in [3.05, 3.63) is 52.3 Å². The van der Waals surface area contributed by atoms with Gasteiger partial charge in [0, 0.05) is 21.5 Å². The molecule has 0 atom stereocenters. The molecule has 0 aliphatic carbocycles. The Morgan fingerprint density at radius 2 is 1.86 bits per heavy atom. The van der Waals surface area contributed by atoms with Crippen molar-refractivity contribution in [2.45, 2.75) is 17.1 Å². The molecular formula is C16H14BrFO2S. The Balaban J connectivity index is 1.71. The fourth-order valence-electron chi connectivity index (χ4n) is 2.09. The van der Waals surface area contributed by atoms with E-state index in [1.165, 1.54) is 6.07 Å². The third-order valence-electron chi connectivity index (χ3n) is 3.05. The van der Waals surface area contributed by atoms with Crippen molar-refractivity contribution < 1.29 is 13.9 Å². The summed E-state index contributed by atoms with van der Waals surface area (Å²) in [6.07, 6.45) is 0.897. The number of hydrogen-bond donors (Lipinski definition) is 0. The highest BCUT2D eigenvalue weighted by molar-refractivity contribution is 9.10. The Morgan fingerprint density at radius 3 is 2.67 bits per heavy atom. The second-order valence-corrected chi connectivity index (χ2v) is 6.69. The molecule has 0 spiro atoms. The molecule has 0 N–H and O–H groups in total. The van der Waals surface area contributed by atoms with Crippen LogP contribution in [-0.2, 0) is 5.75 Å². The number of hydrogen-bond acceptors (Lipinski definition) is 3. The number of ether oxygens (including phenoxy) is 2. The van der Waals surface area contributed by atoms with Gasteiger partial charge in [-0.2, -0.15) is 0 Å². The maximum Gasteiger partial charge on any atom is 0.162 e. The average Bonchev–Trinajstić information content (AvgIpc) is 2.68. The topological polar surface area (TPSA) is 18.5 Å². The van der Waals surface area contributed by atoms with Crippen LogP contribution in [-0.4, -0.2) is 13.2 Å². The largest absolute Gasteiger partial charge is 0.490 e. The van der Waals surface area contributed by atoms with Gasteiger partial charge in [0.05, 0.1) is 13.2 Å². The van der Waals surface area contributed by atoms with Crippen molar-refractivity contribution >= 4 is 27.7 Å². The molecule has 2 aromatic rings. The summed E-state index contributed by atoms with van der Waals surface area (Å²) >= 11 is 4.96. The summed E-state index contributed by atoms with van der Waals surface area (Å²) in [5.74, 6) is 2.07. The van der Waals surface area contributed by atoms with E-state index in [1.54, 1.807) is 17.8 Å². The molecular weight excluding hydrogens is 355 g/mol. The molecule has 5 heteroatoms. The predicted octanol–water partition coefficient (Wildman–Crippen LogP) is 5.04. The zero-order valence-electron chi connectivity index (χ0n) is 11.3. The smallest absolute Gasteiger partial charge is 0.162 e. The van der Waals surface area contributed by atoms with Gasteiger partial charge in [-0.25, -0.2) is 4.39 Å². The molecule has 1 aliphatic heterocycles. The zero-order valence-corrected chi connectivity index (χ0v) is 13.7. The maximum atomic E-state index is 13.3. The van der Waals surface area contributed by atoms with Crippen molar-refractivity contribution in [2.24, 2.45) is 0 Å². The molecule has 0 fully saturated rings. The molecule has 2 nitrogen and oxygen atoms in total. The normalized spacial score (nSPS) is 13.8. The van der Waals surface area contributed by atoms with Crippen LogP contribution >= 0.6 is 27.7 Å². The molecule has 3 rings (SSSR count). The van der Waals surface area contributed by atoms with Gasteiger partial charge >= 0.3 is 0 Å². The fraction of sp³-hybridized carbons (Fsp3) is 0.250. The molecule has 0 unspecified atom stereocenters. The lowest BCUT2D eigenvalue weighted by atomic mass is 10.2. The van der Waals surface area contributed by atoms with E-state index in [0.717, 1.165) is 32.9 Å². The molecule has 0 saturated heterocycles. The highest BCUT2D eigenvalue weighted by Gasteiger charge is 2.11. The second kappa shape index (κ2) is 6.71. The summed E-state index contributed by atoms with van der Waals surface area (Å²) in [6, 6.07) is 10.9. The lowest BCUT2D eigenvalue weighted by Gasteiger charge is -2.09. The first kappa shape index (κ1) is 14.7. The Labute approximate surface area is 135 Å². The lowest BCUT2D eigenvalue weighted by Crippen LogP contribution is -1.97. The molecule has 1 heterocycles. The van der Waals surface area contributed by atoms with Crippen LogP contribution in [0.25, 0.3) is 0 Å². The predicted molar refractivity (Wildman–Crippen MR) is 85.7 cm³/mol. The minimum Gasteiger partial charge on any atom is -0.490 e. The molecule has 110 valence electrons. The molecule has 0 radical (unpaired) electrons. The van der Waals surface area contributed by atoms with Crippen molar-refractivity contribution in [2.75, 3.05) is 13.2 Å². The number of halogens is 2. The van der Waals surface area contributed by atoms with Crippen LogP contribution in [0.1, 0.15) is 12.0 Å². The van der Waals surface area contributed by atoms with Crippen LogP contribution in [0.15, 0.2) is 45.8 Å². The fourth-order valence-corrected chi connectivity index (χ4v) is 3.46. The summed E-state index contributed by atoms with van der Waals surface area (Å²) < 4.78 is 25.4. The Kier molecular flexibility index (Phi) is 4.70. The van der Waals surface area contributed by atoms with E-state index in [1.807, 2.05) is 24.3 Å². The van der Waals surface area contributed by atoms with Crippen LogP contribution in [0.2, 0.25) is 0 Å². The van der Waals surface area contributed by atoms with Gasteiger partial charge in [0.1, 0.15) is 5.82 Å². The molecule has 0 aromatic heterocycles. The van der Waals surface area contributed by atoms with Crippen molar-refractivity contribution in [1.29, 1.82) is 0 Å². The first-order chi connectivity index (χ1) is 10.2. The number of fused-ring (bicyclic) bond motifs is 1. The van der Waals surface area contributed by atoms with Crippen molar-refractivity contribution in [3.8, 4) is 11.5 Å². The summed E-state index contributed by atoms with van der Waals surface area (Å²) in [4.78, 5) is 1.08. The Hall–Kier alpha value is -1.20. The lowest BCUT2D eigenvalue weighted by molar-refractivity contribution is 0.297. The van der Waals surface area contributed by atoms with E-state index in [0.29, 0.717) is 19.0 Å². The van der Waals surface area contributed by atoms with Crippen LogP contribution < -0.4 is 9.47 Å². The van der Waals surface area contributed by atoms with E-state index in [9.17, 15) is 4.39 Å². The van der Waals surface area contributed by atoms with Crippen molar-refractivity contribution in [1.82, 2.24) is 0 Å². The highest BCUT2D eigenvalue weighted by Crippen LogP contribution is 2.35. The number of thioether (sulfide) groups is 1. The first-order valence-corrected chi connectivity index (χ1v) is 8.46. The van der Waals surface area contributed by atoms with Gasteiger partial charge in [0.15, 0.2) is 11.5 Å². The molecule has 0 bridgehead atoms. The Bertz CT molecular complexity index is 628. The monoisotopic (exact) mass is 368 g/mol. The third kappa shape index (κ3) is 3.92. The van der Waals surface area contributed by atoms with Gasteiger partial charge < -0.3 is 9.47 Å². The van der Waals surface area contributed by atoms with E-state index in [2.05, 4.69) is 15.9 Å². The average molecular weight is 369 g/mol. The van der Waals surface area contributed by atoms with Crippen LogP contribution in [0, 0.1) is 5.82 Å². The Morgan fingerprint density at radius 1 is 1.05 bits per heavy atom. The standard InChI is InChI=1S/C16H14BrFO2S/c17-12-6-11(7-13(18)8-12)10-21-14-2-3-15-16(9-14)20-5-1-4-19-15/h2-3,6-9H,1,4-5,10H2. The van der Waals surface area contributed by atoms with E-state index in [-0.39, 0.29) is 5.82 Å². The second-order valence-electron chi connectivity index (χ2n) is 4.73. The van der Waals surface area contributed by atoms with E-state index in [4.69, 9.17) is 9.47 Å². The summed E-state index contributed by atoms with van der Waals surface area (Å²) in [5.41, 5.74) is 0.944. The molecule has 1 aliphatic rings. The number of benzene rings is 2. The maximum absolute atomic E-state index is 13.3. The van der Waals surface area contributed by atoms with Crippen LogP contribution in [0.3, 0.4) is 0 Å². The van der Waals surface area contributed by atoms with E-state index >= 15 is 0 Å². The van der Waals surface area contributed by atoms with Crippen LogP contribution in [0.4, 0.5) is 4.39 Å². The minimum atomic E-state index is -0.223. The number of rotatable bonds is 3. The molecule has 0 amide bonds. The molecule has 21 heavy (non-hydrogen) atoms. The summed E-state index contributed by atoms with van der Waals surface area (Å²) in [6.45, 7) is 1.37. The van der Waals surface area contributed by atoms with Gasteiger partial charge in [0.25, 0.3) is 0 Å². The summed E-state index contributed by atoms with van der Waals surface area (Å²) in [5, 5.41) is 0. The zero-order chi connectivity index (χ0) is 14.7. The highest BCUT2D eigenvalue weighted by atomic mass is 79.9. The quantitative estimate of drug-likeness (QED) is 0.706. The van der Waals surface area contributed by atoms with Gasteiger partial charge in [0.2, 0.25) is 0 Å². The van der Waals surface area contributed by atoms with Gasteiger partial charge in [-0.05, 0) is 42.0 Å². The van der Waals surface area contributed by atoms with Crippen LogP contribution in [0.5, 0.6) is 11.5 Å². The van der Waals surface area contributed by atoms with Crippen molar-refractivity contribution in [3.63, 3.8) is 0 Å². The first-order valence-electron chi connectivity index (χ1n) is 6.68. The SMILES string of the molecule is Fc1cc(Br)cc(CSc2ccc3c(c2)OCCCO3)c1. The summed E-state index contributed by atoms with van der Waals surface area (Å²) in [7, 11) is 0. The van der Waals surface area contributed by atoms with Gasteiger partial charge in [-0.3, -0.25) is 0 Å². The third-order valence-corrected chi connectivity index (χ3v) is 4.57. The minimum absolute atomic E-state index is 0.223. The molecule has 0 saturated carbocycles. The van der Waals surface area contributed by atoms with Gasteiger partial charge in [-0.15, -0.1) is 11.8 Å².